The third kappa shape index (κ3) is 3.65. The van der Waals surface area contributed by atoms with Crippen molar-refractivity contribution in [3.05, 3.63) is 29.8 Å². The van der Waals surface area contributed by atoms with E-state index in [1.54, 1.807) is 26.0 Å². The minimum absolute atomic E-state index is 0.0596. The zero-order valence-electron chi connectivity index (χ0n) is 10.9. The SMILES string of the molecule is CCC(=O)c1cccc(S(=O)(=O)NC(C)CC)c1. The first-order valence-electron chi connectivity index (χ1n) is 6.06. The monoisotopic (exact) mass is 269 g/mol. The molecule has 1 rings (SSSR count). The molecule has 0 aliphatic rings. The second-order valence-electron chi connectivity index (χ2n) is 4.24. The first kappa shape index (κ1) is 14.9. The van der Waals surface area contributed by atoms with Crippen molar-refractivity contribution in [3.8, 4) is 0 Å². The average Bonchev–Trinajstić information content (AvgIpc) is 2.37. The normalized spacial score (nSPS) is 13.3. The van der Waals surface area contributed by atoms with Crippen LogP contribution in [0.2, 0.25) is 0 Å². The predicted molar refractivity (Wildman–Crippen MR) is 71.1 cm³/mol. The number of sulfonamides is 1. The Morgan fingerprint density at radius 3 is 2.56 bits per heavy atom. The molecule has 0 saturated carbocycles. The fourth-order valence-electron chi connectivity index (χ4n) is 1.46. The van der Waals surface area contributed by atoms with E-state index in [2.05, 4.69) is 4.72 Å². The van der Waals surface area contributed by atoms with Crippen LogP contribution in [0.4, 0.5) is 0 Å². The molecule has 0 bridgehead atoms. The molecule has 4 nitrogen and oxygen atoms in total. The molecule has 1 unspecified atom stereocenters. The van der Waals surface area contributed by atoms with E-state index < -0.39 is 10.0 Å². The van der Waals surface area contributed by atoms with Crippen molar-refractivity contribution in [2.75, 3.05) is 0 Å². The van der Waals surface area contributed by atoms with Crippen LogP contribution in [0.3, 0.4) is 0 Å². The molecule has 1 atom stereocenters. The third-order valence-corrected chi connectivity index (χ3v) is 4.34. The average molecular weight is 269 g/mol. The van der Waals surface area contributed by atoms with Crippen molar-refractivity contribution >= 4 is 15.8 Å². The van der Waals surface area contributed by atoms with Crippen molar-refractivity contribution in [1.82, 2.24) is 4.72 Å². The van der Waals surface area contributed by atoms with Crippen molar-refractivity contribution in [2.24, 2.45) is 0 Å². The third-order valence-electron chi connectivity index (χ3n) is 2.76. The minimum Gasteiger partial charge on any atom is -0.294 e. The predicted octanol–water partition coefficient (Wildman–Crippen LogP) is 2.36. The fraction of sp³-hybridized carbons (Fsp3) is 0.462. The summed E-state index contributed by atoms with van der Waals surface area (Å²) in [6.45, 7) is 5.46. The summed E-state index contributed by atoms with van der Waals surface area (Å²) in [5, 5.41) is 0. The lowest BCUT2D eigenvalue weighted by atomic mass is 10.1. The molecule has 0 amide bonds. The van der Waals surface area contributed by atoms with E-state index in [4.69, 9.17) is 0 Å². The first-order valence-corrected chi connectivity index (χ1v) is 7.54. The van der Waals surface area contributed by atoms with Gasteiger partial charge in [-0.3, -0.25) is 4.79 Å². The highest BCUT2D eigenvalue weighted by Gasteiger charge is 2.17. The van der Waals surface area contributed by atoms with Gasteiger partial charge in [-0.2, -0.15) is 0 Å². The maximum atomic E-state index is 12.0. The number of hydrogen-bond acceptors (Lipinski definition) is 3. The Hall–Kier alpha value is -1.20. The van der Waals surface area contributed by atoms with Gasteiger partial charge in [0, 0.05) is 18.0 Å². The molecule has 100 valence electrons. The number of benzene rings is 1. The van der Waals surface area contributed by atoms with Gasteiger partial charge in [-0.25, -0.2) is 13.1 Å². The van der Waals surface area contributed by atoms with E-state index in [0.717, 1.165) is 0 Å². The van der Waals surface area contributed by atoms with Gasteiger partial charge in [-0.05, 0) is 25.5 Å². The summed E-state index contributed by atoms with van der Waals surface area (Å²) < 4.78 is 26.7. The van der Waals surface area contributed by atoms with Crippen LogP contribution >= 0.6 is 0 Å². The molecule has 1 N–H and O–H groups in total. The van der Waals surface area contributed by atoms with Crippen LogP contribution in [0.25, 0.3) is 0 Å². The molecule has 0 fully saturated rings. The molecule has 0 aliphatic heterocycles. The maximum Gasteiger partial charge on any atom is 0.240 e. The van der Waals surface area contributed by atoms with Crippen molar-refractivity contribution in [2.45, 2.75) is 44.6 Å². The Morgan fingerprint density at radius 2 is 2.00 bits per heavy atom. The van der Waals surface area contributed by atoms with Gasteiger partial charge in [-0.15, -0.1) is 0 Å². The Bertz CT molecular complexity index is 523. The molecular weight excluding hydrogens is 250 g/mol. The first-order chi connectivity index (χ1) is 8.40. The molecule has 0 spiro atoms. The standard InChI is InChI=1S/C13H19NO3S/c1-4-10(3)14-18(16,17)12-8-6-7-11(9-12)13(15)5-2/h6-10,14H,4-5H2,1-3H3. The van der Waals surface area contributed by atoms with Crippen molar-refractivity contribution in [1.29, 1.82) is 0 Å². The number of ketones is 1. The van der Waals surface area contributed by atoms with E-state index in [1.165, 1.54) is 12.1 Å². The van der Waals surface area contributed by atoms with E-state index in [0.29, 0.717) is 18.4 Å². The van der Waals surface area contributed by atoms with Gasteiger partial charge in [0.15, 0.2) is 5.78 Å². The second-order valence-corrected chi connectivity index (χ2v) is 5.95. The molecular formula is C13H19NO3S. The molecule has 0 saturated heterocycles. The maximum absolute atomic E-state index is 12.0. The lowest BCUT2D eigenvalue weighted by Gasteiger charge is -2.12. The molecule has 5 heteroatoms. The van der Waals surface area contributed by atoms with Crippen LogP contribution in [0.1, 0.15) is 44.0 Å². The Kier molecular flexibility index (Phi) is 5.04. The Labute approximate surface area is 108 Å². The zero-order valence-corrected chi connectivity index (χ0v) is 11.8. The lowest BCUT2D eigenvalue weighted by molar-refractivity contribution is 0.0988. The molecule has 1 aromatic carbocycles. The van der Waals surface area contributed by atoms with Gasteiger partial charge >= 0.3 is 0 Å². The highest BCUT2D eigenvalue weighted by Crippen LogP contribution is 2.13. The number of carbonyl (C=O) groups is 1. The van der Waals surface area contributed by atoms with Crippen LogP contribution < -0.4 is 4.72 Å². The molecule has 1 aromatic rings. The fourth-order valence-corrected chi connectivity index (χ4v) is 2.83. The van der Waals surface area contributed by atoms with Gasteiger partial charge in [0.05, 0.1) is 4.90 Å². The summed E-state index contributed by atoms with van der Waals surface area (Å²) in [7, 11) is -3.54. The van der Waals surface area contributed by atoms with Crippen LogP contribution in [0, 0.1) is 0 Å². The summed E-state index contributed by atoms with van der Waals surface area (Å²) >= 11 is 0. The Balaban J connectivity index is 3.06. The summed E-state index contributed by atoms with van der Waals surface area (Å²) in [5.41, 5.74) is 0.435. The number of hydrogen-bond donors (Lipinski definition) is 1. The second kappa shape index (κ2) is 6.11. The topological polar surface area (TPSA) is 63.2 Å². The lowest BCUT2D eigenvalue weighted by Crippen LogP contribution is -2.32. The van der Waals surface area contributed by atoms with Gasteiger partial charge < -0.3 is 0 Å². The highest BCUT2D eigenvalue weighted by atomic mass is 32.2. The summed E-state index contributed by atoms with van der Waals surface area (Å²) in [5.74, 6) is -0.0596. The van der Waals surface area contributed by atoms with Gasteiger partial charge in [-0.1, -0.05) is 26.0 Å². The number of rotatable bonds is 6. The van der Waals surface area contributed by atoms with Gasteiger partial charge in [0.2, 0.25) is 10.0 Å². The van der Waals surface area contributed by atoms with Crippen LogP contribution in [0.15, 0.2) is 29.2 Å². The smallest absolute Gasteiger partial charge is 0.240 e. The zero-order chi connectivity index (χ0) is 13.8. The van der Waals surface area contributed by atoms with Gasteiger partial charge in [0.1, 0.15) is 0 Å². The molecule has 0 radical (unpaired) electrons. The van der Waals surface area contributed by atoms with Crippen molar-refractivity contribution in [3.63, 3.8) is 0 Å². The molecule has 18 heavy (non-hydrogen) atoms. The van der Waals surface area contributed by atoms with Gasteiger partial charge in [0.25, 0.3) is 0 Å². The quantitative estimate of drug-likeness (QED) is 0.806. The van der Waals surface area contributed by atoms with Crippen LogP contribution in [0.5, 0.6) is 0 Å². The summed E-state index contributed by atoms with van der Waals surface area (Å²) in [4.78, 5) is 11.7. The van der Waals surface area contributed by atoms with Crippen molar-refractivity contribution < 1.29 is 13.2 Å². The Morgan fingerprint density at radius 1 is 1.33 bits per heavy atom. The molecule has 0 heterocycles. The highest BCUT2D eigenvalue weighted by molar-refractivity contribution is 7.89. The van der Waals surface area contributed by atoms with E-state index in [-0.39, 0.29) is 16.7 Å². The molecule has 0 aliphatic carbocycles. The number of Topliss-reactive ketones (excluding diaryl/α,β-unsaturated/α-hetero) is 1. The van der Waals surface area contributed by atoms with Crippen LogP contribution in [-0.2, 0) is 10.0 Å². The summed E-state index contributed by atoms with van der Waals surface area (Å²) in [6.07, 6.45) is 1.08. The van der Waals surface area contributed by atoms with Crippen LogP contribution in [-0.4, -0.2) is 20.2 Å². The molecule has 0 aromatic heterocycles. The number of nitrogens with one attached hydrogen (secondary N) is 1. The van der Waals surface area contributed by atoms with E-state index in [9.17, 15) is 13.2 Å². The largest absolute Gasteiger partial charge is 0.294 e. The van der Waals surface area contributed by atoms with E-state index in [1.807, 2.05) is 6.92 Å². The summed E-state index contributed by atoms with van der Waals surface area (Å²) in [6, 6.07) is 6.02. The number of carbonyl (C=O) groups excluding carboxylic acids is 1. The minimum atomic E-state index is -3.54. The van der Waals surface area contributed by atoms with E-state index >= 15 is 0 Å².